The lowest BCUT2D eigenvalue weighted by Gasteiger charge is -2.34. The Morgan fingerprint density at radius 1 is 1.17 bits per heavy atom. The number of primary amides is 1. The maximum Gasteiger partial charge on any atom is 0.241 e. The zero-order valence-electron chi connectivity index (χ0n) is 13.2. The van der Waals surface area contributed by atoms with Gasteiger partial charge in [0, 0.05) is 23.6 Å². The monoisotopic (exact) mass is 333 g/mol. The third kappa shape index (κ3) is 4.06. The number of thioether (sulfide) groups is 1. The molecule has 2 aliphatic heterocycles. The van der Waals surface area contributed by atoms with E-state index in [0.29, 0.717) is 18.9 Å². The van der Waals surface area contributed by atoms with Crippen molar-refractivity contribution < 1.29 is 9.59 Å². The number of carbonyl (C=O) groups is 2. The number of nitrogens with two attached hydrogens (primary N) is 1. The average molecular weight is 333 g/mol. The number of nitrogens with zero attached hydrogens (tertiary/aromatic N) is 2. The molecule has 2 heterocycles. The van der Waals surface area contributed by atoms with E-state index in [1.807, 2.05) is 34.9 Å². The van der Waals surface area contributed by atoms with Crippen LogP contribution in [0.1, 0.15) is 19.3 Å². The van der Waals surface area contributed by atoms with E-state index in [9.17, 15) is 9.59 Å². The van der Waals surface area contributed by atoms with Crippen LogP contribution in [0.3, 0.4) is 0 Å². The number of likely N-dealkylation sites (tertiary alicyclic amines) is 1. The average Bonchev–Trinajstić information content (AvgIpc) is 2.55. The molecule has 6 heteroatoms. The van der Waals surface area contributed by atoms with Crippen molar-refractivity contribution in [2.24, 2.45) is 11.7 Å². The minimum absolute atomic E-state index is 0.172. The Morgan fingerprint density at radius 3 is 2.65 bits per heavy atom. The van der Waals surface area contributed by atoms with Crippen LogP contribution in [0.2, 0.25) is 0 Å². The number of para-hydroxylation sites is 1. The first-order valence-corrected chi connectivity index (χ1v) is 9.15. The summed E-state index contributed by atoms with van der Waals surface area (Å²) in [5, 5.41) is 0. The van der Waals surface area contributed by atoms with Gasteiger partial charge in [0.05, 0.1) is 12.2 Å². The second-order valence-corrected chi connectivity index (χ2v) is 7.39. The zero-order chi connectivity index (χ0) is 16.2. The summed E-state index contributed by atoms with van der Waals surface area (Å²) in [4.78, 5) is 29.0. The van der Waals surface area contributed by atoms with Gasteiger partial charge in [-0.2, -0.15) is 0 Å². The van der Waals surface area contributed by atoms with Gasteiger partial charge in [-0.1, -0.05) is 12.1 Å². The van der Waals surface area contributed by atoms with Crippen molar-refractivity contribution >= 4 is 29.3 Å². The largest absolute Gasteiger partial charge is 0.370 e. The Hall–Kier alpha value is -1.53. The van der Waals surface area contributed by atoms with Crippen LogP contribution < -0.4 is 10.6 Å². The summed E-state index contributed by atoms with van der Waals surface area (Å²) in [6.45, 7) is 2.97. The minimum atomic E-state index is -0.220. The van der Waals surface area contributed by atoms with E-state index in [2.05, 4.69) is 11.0 Å². The summed E-state index contributed by atoms with van der Waals surface area (Å²) in [5.74, 6) is 1.28. The highest BCUT2D eigenvalue weighted by molar-refractivity contribution is 7.99. The molecule has 5 nitrogen and oxygen atoms in total. The Balaban J connectivity index is 1.56. The number of carbonyl (C=O) groups excluding carboxylic acids is 2. The standard InChI is InChI=1S/C17H23N3O2S/c18-16(21)11-13-5-7-19(8-6-13)12-17(22)20-9-10-23-15-4-2-1-3-14(15)20/h1-4,13H,5-12H2,(H2,18,21). The van der Waals surface area contributed by atoms with Crippen molar-refractivity contribution in [1.29, 1.82) is 0 Å². The van der Waals surface area contributed by atoms with Crippen LogP contribution in [0.4, 0.5) is 5.69 Å². The third-order valence-electron chi connectivity index (χ3n) is 4.59. The van der Waals surface area contributed by atoms with Crippen LogP contribution in [-0.4, -0.2) is 48.6 Å². The number of hydrogen-bond donors (Lipinski definition) is 1. The number of fused-ring (bicyclic) bond motifs is 1. The Morgan fingerprint density at radius 2 is 1.91 bits per heavy atom. The SMILES string of the molecule is NC(=O)CC1CCN(CC(=O)N2CCSc3ccccc32)CC1. The number of rotatable bonds is 4. The number of amides is 2. The molecule has 23 heavy (non-hydrogen) atoms. The van der Waals surface area contributed by atoms with Crippen LogP contribution >= 0.6 is 11.8 Å². The Bertz CT molecular complexity index is 585. The van der Waals surface area contributed by atoms with Gasteiger partial charge in [0.25, 0.3) is 0 Å². The normalized spacial score (nSPS) is 19.4. The smallest absolute Gasteiger partial charge is 0.241 e. The molecule has 2 N–H and O–H groups in total. The maximum absolute atomic E-state index is 12.7. The highest BCUT2D eigenvalue weighted by Crippen LogP contribution is 2.34. The van der Waals surface area contributed by atoms with Gasteiger partial charge in [-0.25, -0.2) is 0 Å². The van der Waals surface area contributed by atoms with Gasteiger partial charge < -0.3 is 10.6 Å². The van der Waals surface area contributed by atoms with Crippen LogP contribution in [-0.2, 0) is 9.59 Å². The number of hydrogen-bond acceptors (Lipinski definition) is 4. The summed E-state index contributed by atoms with van der Waals surface area (Å²) in [5.41, 5.74) is 6.31. The number of anilines is 1. The second kappa shape index (κ2) is 7.36. The molecule has 1 aromatic carbocycles. The van der Waals surface area contributed by atoms with E-state index >= 15 is 0 Å². The molecule has 0 saturated carbocycles. The molecule has 124 valence electrons. The molecule has 0 spiro atoms. The van der Waals surface area contributed by atoms with Crippen LogP contribution in [0, 0.1) is 5.92 Å². The molecular formula is C17H23N3O2S. The molecule has 1 saturated heterocycles. The first kappa shape index (κ1) is 16.3. The second-order valence-electron chi connectivity index (χ2n) is 6.25. The Labute approximate surface area is 141 Å². The lowest BCUT2D eigenvalue weighted by molar-refractivity contribution is -0.121. The van der Waals surface area contributed by atoms with Gasteiger partial charge in [0.2, 0.25) is 11.8 Å². The summed E-state index contributed by atoms with van der Waals surface area (Å²) in [7, 11) is 0. The van der Waals surface area contributed by atoms with Gasteiger partial charge in [-0.3, -0.25) is 14.5 Å². The van der Waals surface area contributed by atoms with Crippen LogP contribution in [0.15, 0.2) is 29.2 Å². The molecule has 0 radical (unpaired) electrons. The summed E-state index contributed by atoms with van der Waals surface area (Å²) < 4.78 is 0. The van der Waals surface area contributed by atoms with Gasteiger partial charge in [0.1, 0.15) is 0 Å². The van der Waals surface area contributed by atoms with Crippen molar-refractivity contribution in [1.82, 2.24) is 4.90 Å². The first-order valence-electron chi connectivity index (χ1n) is 8.16. The van der Waals surface area contributed by atoms with Crippen molar-refractivity contribution in [3.05, 3.63) is 24.3 Å². The fourth-order valence-electron chi connectivity index (χ4n) is 3.34. The lowest BCUT2D eigenvalue weighted by atomic mass is 9.93. The van der Waals surface area contributed by atoms with Crippen LogP contribution in [0.5, 0.6) is 0 Å². The maximum atomic E-state index is 12.7. The first-order chi connectivity index (χ1) is 11.1. The van der Waals surface area contributed by atoms with E-state index in [0.717, 1.165) is 43.9 Å². The highest BCUT2D eigenvalue weighted by Gasteiger charge is 2.26. The topological polar surface area (TPSA) is 66.6 Å². The van der Waals surface area contributed by atoms with E-state index in [1.54, 1.807) is 0 Å². The molecule has 1 aromatic rings. The van der Waals surface area contributed by atoms with Gasteiger partial charge >= 0.3 is 0 Å². The molecular weight excluding hydrogens is 310 g/mol. The quantitative estimate of drug-likeness (QED) is 0.911. The van der Waals surface area contributed by atoms with Crippen molar-refractivity contribution in [3.63, 3.8) is 0 Å². The fourth-order valence-corrected chi connectivity index (χ4v) is 4.33. The van der Waals surface area contributed by atoms with Crippen molar-refractivity contribution in [2.75, 3.05) is 36.8 Å². The van der Waals surface area contributed by atoms with Gasteiger partial charge in [-0.05, 0) is 44.0 Å². The minimum Gasteiger partial charge on any atom is -0.370 e. The van der Waals surface area contributed by atoms with E-state index in [-0.39, 0.29) is 11.8 Å². The molecule has 1 fully saturated rings. The summed E-state index contributed by atoms with van der Waals surface area (Å²) in [6.07, 6.45) is 2.36. The molecule has 0 bridgehead atoms. The number of piperidine rings is 1. The molecule has 0 aromatic heterocycles. The lowest BCUT2D eigenvalue weighted by Crippen LogP contribution is -2.45. The molecule has 2 amide bonds. The summed E-state index contributed by atoms with van der Waals surface area (Å²) >= 11 is 1.81. The highest BCUT2D eigenvalue weighted by atomic mass is 32.2. The summed E-state index contributed by atoms with van der Waals surface area (Å²) in [6, 6.07) is 8.11. The fraction of sp³-hybridized carbons (Fsp3) is 0.529. The Kier molecular flexibility index (Phi) is 5.23. The molecule has 0 unspecified atom stereocenters. The van der Waals surface area contributed by atoms with E-state index in [4.69, 9.17) is 5.73 Å². The molecule has 0 atom stereocenters. The number of benzene rings is 1. The predicted octanol–water partition coefficient (Wildman–Crippen LogP) is 1.71. The molecule has 3 rings (SSSR count). The molecule has 2 aliphatic rings. The molecule has 0 aliphatic carbocycles. The third-order valence-corrected chi connectivity index (χ3v) is 5.63. The zero-order valence-corrected chi connectivity index (χ0v) is 14.1. The van der Waals surface area contributed by atoms with Crippen molar-refractivity contribution in [2.45, 2.75) is 24.2 Å². The van der Waals surface area contributed by atoms with Gasteiger partial charge in [-0.15, -0.1) is 11.8 Å². The van der Waals surface area contributed by atoms with Crippen molar-refractivity contribution in [3.8, 4) is 0 Å². The van der Waals surface area contributed by atoms with Gasteiger partial charge in [0.15, 0.2) is 0 Å². The van der Waals surface area contributed by atoms with Crippen LogP contribution in [0.25, 0.3) is 0 Å². The van der Waals surface area contributed by atoms with E-state index in [1.165, 1.54) is 4.90 Å². The predicted molar refractivity (Wildman–Crippen MR) is 92.5 cm³/mol. The van der Waals surface area contributed by atoms with E-state index < -0.39 is 0 Å².